The summed E-state index contributed by atoms with van der Waals surface area (Å²) in [7, 11) is 1.77. The number of rotatable bonds is 10. The summed E-state index contributed by atoms with van der Waals surface area (Å²) in [5.74, 6) is 2.26. The topological polar surface area (TPSA) is 64.1 Å². The van der Waals surface area contributed by atoms with Gasteiger partial charge in [0.05, 0.1) is 19.8 Å². The van der Waals surface area contributed by atoms with Gasteiger partial charge in [0.2, 0.25) is 0 Å². The number of aryl methyl sites for hydroxylation is 1. The lowest BCUT2D eigenvalue weighted by molar-refractivity contribution is 0.0888. The summed E-state index contributed by atoms with van der Waals surface area (Å²) in [6.45, 7) is 7.49. The van der Waals surface area contributed by atoms with Crippen LogP contribution in [-0.4, -0.2) is 59.1 Å². The van der Waals surface area contributed by atoms with Gasteiger partial charge in [0, 0.05) is 32.7 Å². The number of nitrogens with one attached hydrogen (secondary N) is 2. The molecule has 7 heteroatoms. The van der Waals surface area contributed by atoms with Gasteiger partial charge in [-0.15, -0.1) is 24.0 Å². The summed E-state index contributed by atoms with van der Waals surface area (Å²) in [6, 6.07) is 8.07. The van der Waals surface area contributed by atoms with Gasteiger partial charge in [0.15, 0.2) is 5.96 Å². The van der Waals surface area contributed by atoms with Crippen molar-refractivity contribution in [3.05, 3.63) is 29.8 Å². The quantitative estimate of drug-likeness (QED) is 0.235. The minimum absolute atomic E-state index is 0. The first kappa shape index (κ1) is 23.0. The Hall–Kier alpha value is -1.06. The molecule has 0 radical (unpaired) electrons. The van der Waals surface area contributed by atoms with Crippen molar-refractivity contribution in [3.63, 3.8) is 0 Å². The molecule has 2 rings (SSSR count). The molecule has 1 aromatic rings. The molecule has 0 aromatic heterocycles. The molecule has 0 spiro atoms. The normalized spacial score (nSPS) is 16.8. The highest BCUT2D eigenvalue weighted by molar-refractivity contribution is 14.0. The van der Waals surface area contributed by atoms with E-state index in [0.717, 1.165) is 57.5 Å². The first-order valence-corrected chi connectivity index (χ1v) is 9.07. The van der Waals surface area contributed by atoms with Gasteiger partial charge in [-0.05, 0) is 31.9 Å². The van der Waals surface area contributed by atoms with Crippen LogP contribution in [0.1, 0.15) is 18.4 Å². The third-order valence-electron chi connectivity index (χ3n) is 4.04. The van der Waals surface area contributed by atoms with Crippen LogP contribution in [0.4, 0.5) is 0 Å². The predicted octanol–water partition coefficient (Wildman–Crippen LogP) is 2.60. The second-order valence-corrected chi connectivity index (χ2v) is 6.25. The van der Waals surface area contributed by atoms with Gasteiger partial charge in [-0.25, -0.2) is 0 Å². The van der Waals surface area contributed by atoms with Crippen LogP contribution in [0.15, 0.2) is 29.3 Å². The van der Waals surface area contributed by atoms with E-state index in [1.807, 2.05) is 24.3 Å². The van der Waals surface area contributed by atoms with Crippen molar-refractivity contribution in [2.24, 2.45) is 10.9 Å². The second kappa shape index (κ2) is 14.1. The number of halogens is 1. The fraction of sp³-hybridized carbons (Fsp3) is 0.632. The summed E-state index contributed by atoms with van der Waals surface area (Å²) in [5, 5.41) is 6.53. The Morgan fingerprint density at radius 1 is 1.19 bits per heavy atom. The van der Waals surface area contributed by atoms with E-state index in [4.69, 9.17) is 14.2 Å². The van der Waals surface area contributed by atoms with Crippen LogP contribution in [-0.2, 0) is 9.47 Å². The van der Waals surface area contributed by atoms with Gasteiger partial charge in [-0.2, -0.15) is 0 Å². The van der Waals surface area contributed by atoms with Crippen molar-refractivity contribution in [2.75, 3.05) is 53.2 Å². The van der Waals surface area contributed by atoms with Crippen molar-refractivity contribution in [1.82, 2.24) is 10.6 Å². The maximum atomic E-state index is 5.69. The molecule has 6 nitrogen and oxygen atoms in total. The lowest BCUT2D eigenvalue weighted by atomic mass is 10.1. The largest absolute Gasteiger partial charge is 0.492 e. The first-order valence-electron chi connectivity index (χ1n) is 9.07. The molecule has 0 bridgehead atoms. The van der Waals surface area contributed by atoms with Gasteiger partial charge >= 0.3 is 0 Å². The molecule has 148 valence electrons. The van der Waals surface area contributed by atoms with E-state index in [1.54, 1.807) is 7.05 Å². The maximum Gasteiger partial charge on any atom is 0.191 e. The molecule has 2 N–H and O–H groups in total. The number of aliphatic imine (C=N–C) groups is 1. The molecule has 0 aliphatic carbocycles. The Morgan fingerprint density at radius 2 is 1.96 bits per heavy atom. The monoisotopic (exact) mass is 477 g/mol. The zero-order valence-electron chi connectivity index (χ0n) is 15.8. The van der Waals surface area contributed by atoms with E-state index in [9.17, 15) is 0 Å². The van der Waals surface area contributed by atoms with Crippen LogP contribution >= 0.6 is 24.0 Å². The Balaban J connectivity index is 0.00000338. The highest BCUT2D eigenvalue weighted by atomic mass is 127. The smallest absolute Gasteiger partial charge is 0.191 e. The SMILES string of the molecule is CN=C(NCCCOCC1CCOC1)NCCOc1ccc(C)cc1.I. The average molecular weight is 477 g/mol. The van der Waals surface area contributed by atoms with Crippen LogP contribution in [0.2, 0.25) is 0 Å². The van der Waals surface area contributed by atoms with Gasteiger partial charge in [-0.1, -0.05) is 17.7 Å². The molecular weight excluding hydrogens is 445 g/mol. The Bertz CT molecular complexity index is 505. The Labute approximate surface area is 174 Å². The number of guanidine groups is 1. The number of benzene rings is 1. The minimum atomic E-state index is 0. The number of nitrogens with zero attached hydrogens (tertiary/aromatic N) is 1. The Morgan fingerprint density at radius 3 is 2.65 bits per heavy atom. The van der Waals surface area contributed by atoms with Gasteiger partial charge in [0.25, 0.3) is 0 Å². The number of hydrogen-bond donors (Lipinski definition) is 2. The summed E-state index contributed by atoms with van der Waals surface area (Å²) < 4.78 is 16.7. The van der Waals surface area contributed by atoms with Crippen molar-refractivity contribution < 1.29 is 14.2 Å². The fourth-order valence-electron chi connectivity index (χ4n) is 2.54. The summed E-state index contributed by atoms with van der Waals surface area (Å²) in [5.41, 5.74) is 1.23. The molecule has 1 fully saturated rings. The van der Waals surface area contributed by atoms with Crippen LogP contribution in [0.3, 0.4) is 0 Å². The minimum Gasteiger partial charge on any atom is -0.492 e. The molecule has 1 atom stereocenters. The first-order chi connectivity index (χ1) is 12.3. The fourth-order valence-corrected chi connectivity index (χ4v) is 2.54. The molecule has 1 aliphatic heterocycles. The predicted molar refractivity (Wildman–Crippen MR) is 116 cm³/mol. The molecule has 0 saturated carbocycles. The highest BCUT2D eigenvalue weighted by Crippen LogP contribution is 2.12. The second-order valence-electron chi connectivity index (χ2n) is 6.25. The van der Waals surface area contributed by atoms with Crippen molar-refractivity contribution in [1.29, 1.82) is 0 Å². The van der Waals surface area contributed by atoms with Crippen molar-refractivity contribution in [3.8, 4) is 5.75 Å². The molecule has 1 aliphatic rings. The lowest BCUT2D eigenvalue weighted by Gasteiger charge is -2.13. The highest BCUT2D eigenvalue weighted by Gasteiger charge is 2.15. The van der Waals surface area contributed by atoms with E-state index >= 15 is 0 Å². The molecule has 1 aromatic carbocycles. The van der Waals surface area contributed by atoms with E-state index < -0.39 is 0 Å². The third-order valence-corrected chi connectivity index (χ3v) is 4.04. The molecule has 26 heavy (non-hydrogen) atoms. The standard InChI is InChI=1S/C19H31N3O3.HI/c1-16-4-6-18(7-5-16)25-13-10-22-19(20-2)21-9-3-11-23-14-17-8-12-24-15-17;/h4-7,17H,3,8-15H2,1-2H3,(H2,20,21,22);1H. The molecule has 1 saturated heterocycles. The Kier molecular flexibility index (Phi) is 12.4. The molecular formula is C19H32IN3O3. The van der Waals surface area contributed by atoms with Crippen LogP contribution in [0, 0.1) is 12.8 Å². The summed E-state index contributed by atoms with van der Waals surface area (Å²) in [4.78, 5) is 4.21. The summed E-state index contributed by atoms with van der Waals surface area (Å²) >= 11 is 0. The van der Waals surface area contributed by atoms with Crippen LogP contribution in [0.25, 0.3) is 0 Å². The summed E-state index contributed by atoms with van der Waals surface area (Å²) in [6.07, 6.45) is 2.08. The molecule has 0 amide bonds. The van der Waals surface area contributed by atoms with E-state index in [-0.39, 0.29) is 24.0 Å². The van der Waals surface area contributed by atoms with Crippen molar-refractivity contribution in [2.45, 2.75) is 19.8 Å². The van der Waals surface area contributed by atoms with E-state index in [0.29, 0.717) is 19.1 Å². The lowest BCUT2D eigenvalue weighted by Crippen LogP contribution is -2.39. The van der Waals surface area contributed by atoms with Gasteiger partial charge in [0.1, 0.15) is 12.4 Å². The maximum absolute atomic E-state index is 5.69. The van der Waals surface area contributed by atoms with E-state index in [2.05, 4.69) is 22.5 Å². The number of ether oxygens (including phenoxy) is 3. The van der Waals surface area contributed by atoms with Crippen LogP contribution in [0.5, 0.6) is 5.75 Å². The zero-order chi connectivity index (χ0) is 17.7. The average Bonchev–Trinajstić information content (AvgIpc) is 3.14. The van der Waals surface area contributed by atoms with Gasteiger partial charge in [-0.3, -0.25) is 4.99 Å². The van der Waals surface area contributed by atoms with Crippen molar-refractivity contribution >= 4 is 29.9 Å². The van der Waals surface area contributed by atoms with Crippen LogP contribution < -0.4 is 15.4 Å². The molecule has 1 unspecified atom stereocenters. The third kappa shape index (κ3) is 9.59. The van der Waals surface area contributed by atoms with E-state index in [1.165, 1.54) is 5.56 Å². The van der Waals surface area contributed by atoms with Gasteiger partial charge < -0.3 is 24.8 Å². The molecule has 1 heterocycles. The zero-order valence-corrected chi connectivity index (χ0v) is 18.2. The number of hydrogen-bond acceptors (Lipinski definition) is 4.